The maximum Gasteiger partial charge on any atom is 0.243 e. The molecule has 1 unspecified atom stereocenters. The van der Waals surface area contributed by atoms with Gasteiger partial charge in [0.1, 0.15) is 11.9 Å². The van der Waals surface area contributed by atoms with Crippen LogP contribution in [0.1, 0.15) is 18.1 Å². The maximum absolute atomic E-state index is 13.1. The summed E-state index contributed by atoms with van der Waals surface area (Å²) in [6.45, 7) is 3.99. The first kappa shape index (κ1) is 22.2. The number of amides is 1. The van der Waals surface area contributed by atoms with Gasteiger partial charge in [-0.05, 0) is 43.7 Å². The summed E-state index contributed by atoms with van der Waals surface area (Å²) in [6, 6.07) is 12.4. The van der Waals surface area contributed by atoms with Crippen molar-refractivity contribution in [1.82, 2.24) is 5.32 Å². The molecule has 2 aromatic carbocycles. The summed E-state index contributed by atoms with van der Waals surface area (Å²) in [5.41, 5.74) is 2.68. The lowest BCUT2D eigenvalue weighted by atomic mass is 10.2. The van der Waals surface area contributed by atoms with Crippen LogP contribution in [-0.2, 0) is 20.6 Å². The van der Waals surface area contributed by atoms with E-state index in [0.717, 1.165) is 16.3 Å². The third-order valence-corrected chi connectivity index (χ3v) is 6.38. The molecule has 0 saturated heterocycles. The van der Waals surface area contributed by atoms with E-state index in [9.17, 15) is 17.6 Å². The minimum Gasteiger partial charge on any atom is -0.353 e. The molecule has 28 heavy (non-hydrogen) atoms. The van der Waals surface area contributed by atoms with Crippen LogP contribution < -0.4 is 9.62 Å². The smallest absolute Gasteiger partial charge is 0.243 e. The zero-order chi connectivity index (χ0) is 20.7. The molecule has 0 aromatic heterocycles. The number of nitrogens with one attached hydrogen (secondary N) is 1. The summed E-state index contributed by atoms with van der Waals surface area (Å²) >= 11 is 1.69. The fourth-order valence-electron chi connectivity index (χ4n) is 2.67. The standard InChI is InChI=1S/C20H25FN2O3S2/c1-15-4-6-17(7-5-15)14-27-13-12-22-20(24)16(2)23(28(3,25)26)19-10-8-18(21)9-11-19/h4-11,16H,12-14H2,1-3H3,(H,22,24). The zero-order valence-corrected chi connectivity index (χ0v) is 17.8. The summed E-state index contributed by atoms with van der Waals surface area (Å²) in [4.78, 5) is 12.4. The molecule has 2 aromatic rings. The summed E-state index contributed by atoms with van der Waals surface area (Å²) in [5, 5.41) is 2.77. The zero-order valence-electron chi connectivity index (χ0n) is 16.2. The van der Waals surface area contributed by atoms with E-state index in [2.05, 4.69) is 29.6 Å². The highest BCUT2D eigenvalue weighted by atomic mass is 32.2. The van der Waals surface area contributed by atoms with Crippen LogP contribution in [0.3, 0.4) is 0 Å². The normalized spacial score (nSPS) is 12.4. The van der Waals surface area contributed by atoms with Gasteiger partial charge >= 0.3 is 0 Å². The number of nitrogens with zero attached hydrogens (tertiary/aromatic N) is 1. The van der Waals surface area contributed by atoms with Crippen LogP contribution in [0.2, 0.25) is 0 Å². The van der Waals surface area contributed by atoms with Gasteiger partial charge in [0, 0.05) is 18.1 Å². The number of rotatable bonds is 9. The Balaban J connectivity index is 1.88. The number of carbonyl (C=O) groups excluding carboxylic acids is 1. The van der Waals surface area contributed by atoms with Crippen LogP contribution in [0, 0.1) is 12.7 Å². The Kier molecular flexibility index (Phi) is 7.88. The number of hydrogen-bond donors (Lipinski definition) is 1. The largest absolute Gasteiger partial charge is 0.353 e. The number of hydrogen-bond acceptors (Lipinski definition) is 4. The SMILES string of the molecule is Cc1ccc(CSCCNC(=O)C(C)N(c2ccc(F)cc2)S(C)(=O)=O)cc1. The number of anilines is 1. The third kappa shape index (κ3) is 6.53. The molecule has 0 spiro atoms. The van der Waals surface area contributed by atoms with Gasteiger partial charge in [0.25, 0.3) is 0 Å². The first-order valence-corrected chi connectivity index (χ1v) is 11.8. The molecule has 0 saturated carbocycles. The van der Waals surface area contributed by atoms with Crippen LogP contribution in [-0.4, -0.2) is 38.9 Å². The van der Waals surface area contributed by atoms with Gasteiger partial charge in [-0.25, -0.2) is 12.8 Å². The van der Waals surface area contributed by atoms with Crippen molar-refractivity contribution in [3.8, 4) is 0 Å². The Bertz CT molecular complexity index is 885. The highest BCUT2D eigenvalue weighted by Gasteiger charge is 2.28. The van der Waals surface area contributed by atoms with Gasteiger partial charge in [-0.1, -0.05) is 29.8 Å². The van der Waals surface area contributed by atoms with Crippen molar-refractivity contribution in [2.75, 3.05) is 22.9 Å². The second-order valence-corrected chi connectivity index (χ2v) is 9.51. The molecule has 0 aliphatic carbocycles. The molecular weight excluding hydrogens is 399 g/mol. The number of sulfonamides is 1. The Morgan fingerprint density at radius 2 is 1.75 bits per heavy atom. The summed E-state index contributed by atoms with van der Waals surface area (Å²) in [7, 11) is -3.71. The monoisotopic (exact) mass is 424 g/mol. The maximum atomic E-state index is 13.1. The van der Waals surface area contributed by atoms with E-state index in [1.54, 1.807) is 11.8 Å². The average molecular weight is 425 g/mol. The van der Waals surface area contributed by atoms with Crippen molar-refractivity contribution in [1.29, 1.82) is 0 Å². The van der Waals surface area contributed by atoms with Crippen molar-refractivity contribution in [2.45, 2.75) is 25.6 Å². The third-order valence-electron chi connectivity index (χ3n) is 4.10. The average Bonchev–Trinajstić information content (AvgIpc) is 2.63. The van der Waals surface area contributed by atoms with Gasteiger partial charge in [-0.2, -0.15) is 11.8 Å². The highest BCUT2D eigenvalue weighted by molar-refractivity contribution is 7.98. The predicted molar refractivity (Wildman–Crippen MR) is 114 cm³/mol. The Hall–Kier alpha value is -2.06. The van der Waals surface area contributed by atoms with Gasteiger partial charge in [0.2, 0.25) is 15.9 Å². The van der Waals surface area contributed by atoms with Crippen molar-refractivity contribution >= 4 is 33.4 Å². The molecule has 0 fully saturated rings. The molecule has 0 radical (unpaired) electrons. The quantitative estimate of drug-likeness (QED) is 0.627. The number of carbonyl (C=O) groups is 1. The van der Waals surface area contributed by atoms with E-state index in [4.69, 9.17) is 0 Å². The van der Waals surface area contributed by atoms with Gasteiger partial charge in [0.05, 0.1) is 11.9 Å². The lowest BCUT2D eigenvalue weighted by Gasteiger charge is -2.28. The van der Waals surface area contributed by atoms with Crippen LogP contribution in [0.25, 0.3) is 0 Å². The molecule has 2 rings (SSSR count). The molecule has 1 amide bonds. The molecule has 1 N–H and O–H groups in total. The van der Waals surface area contributed by atoms with Crippen LogP contribution >= 0.6 is 11.8 Å². The van der Waals surface area contributed by atoms with Crippen molar-refractivity contribution in [2.24, 2.45) is 0 Å². The van der Waals surface area contributed by atoms with Gasteiger partial charge in [-0.3, -0.25) is 9.10 Å². The fourth-order valence-corrected chi connectivity index (χ4v) is 4.66. The molecular formula is C20H25FN2O3S2. The number of aryl methyl sites for hydroxylation is 1. The van der Waals surface area contributed by atoms with E-state index in [1.165, 1.54) is 42.3 Å². The molecule has 8 heteroatoms. The summed E-state index contributed by atoms with van der Waals surface area (Å²) in [6.07, 6.45) is 1.03. The molecule has 0 aliphatic rings. The van der Waals surface area contributed by atoms with Gasteiger partial charge in [-0.15, -0.1) is 0 Å². The van der Waals surface area contributed by atoms with E-state index in [0.29, 0.717) is 12.3 Å². The van der Waals surface area contributed by atoms with Crippen LogP contribution in [0.4, 0.5) is 10.1 Å². The van der Waals surface area contributed by atoms with E-state index in [-0.39, 0.29) is 5.69 Å². The summed E-state index contributed by atoms with van der Waals surface area (Å²) < 4.78 is 38.5. The Morgan fingerprint density at radius 1 is 1.14 bits per heavy atom. The second-order valence-electron chi connectivity index (χ2n) is 6.54. The molecule has 152 valence electrons. The van der Waals surface area contributed by atoms with E-state index >= 15 is 0 Å². The van der Waals surface area contributed by atoms with Crippen molar-refractivity contribution in [3.05, 3.63) is 65.5 Å². The minimum atomic E-state index is -3.71. The topological polar surface area (TPSA) is 66.5 Å². The summed E-state index contributed by atoms with van der Waals surface area (Å²) in [5.74, 6) is 0.684. The lowest BCUT2D eigenvalue weighted by molar-refractivity contribution is -0.121. The molecule has 1 atom stereocenters. The number of halogens is 1. The Labute approximate surface area is 170 Å². The van der Waals surface area contributed by atoms with Crippen molar-refractivity contribution in [3.63, 3.8) is 0 Å². The minimum absolute atomic E-state index is 0.250. The number of benzene rings is 2. The van der Waals surface area contributed by atoms with E-state index in [1.807, 2.05) is 6.92 Å². The number of thioether (sulfide) groups is 1. The van der Waals surface area contributed by atoms with Gasteiger partial charge < -0.3 is 5.32 Å². The van der Waals surface area contributed by atoms with E-state index < -0.39 is 27.8 Å². The molecule has 5 nitrogen and oxygen atoms in total. The fraction of sp³-hybridized carbons (Fsp3) is 0.350. The first-order chi connectivity index (χ1) is 13.2. The van der Waals surface area contributed by atoms with Crippen LogP contribution in [0.15, 0.2) is 48.5 Å². The molecule has 0 aliphatic heterocycles. The van der Waals surface area contributed by atoms with Crippen LogP contribution in [0.5, 0.6) is 0 Å². The predicted octanol–water partition coefficient (Wildman–Crippen LogP) is 3.34. The second kappa shape index (κ2) is 9.93. The highest BCUT2D eigenvalue weighted by Crippen LogP contribution is 2.21. The lowest BCUT2D eigenvalue weighted by Crippen LogP contribution is -2.48. The molecule has 0 bridgehead atoms. The van der Waals surface area contributed by atoms with Gasteiger partial charge in [0.15, 0.2) is 0 Å². The first-order valence-electron chi connectivity index (χ1n) is 8.84. The Morgan fingerprint density at radius 3 is 2.32 bits per heavy atom. The van der Waals surface area contributed by atoms with Crippen molar-refractivity contribution < 1.29 is 17.6 Å². The molecule has 0 heterocycles.